The van der Waals surface area contributed by atoms with E-state index in [1.807, 2.05) is 0 Å². The van der Waals surface area contributed by atoms with Crippen LogP contribution in [-0.2, 0) is 0 Å². The van der Waals surface area contributed by atoms with Crippen LogP contribution in [0.2, 0.25) is 0 Å². The molecule has 1 aromatic heterocycles. The molecule has 1 heterocycles. The molecule has 0 aliphatic rings. The minimum absolute atomic E-state index is 0.895. The molecule has 0 radical (unpaired) electrons. The number of furan rings is 1. The van der Waals surface area contributed by atoms with Gasteiger partial charge >= 0.3 is 0 Å². The third-order valence-electron chi connectivity index (χ3n) is 9.26. The molecule has 2 heteroatoms. The van der Waals surface area contributed by atoms with E-state index in [4.69, 9.17) is 4.42 Å². The molecule has 0 aliphatic carbocycles. The molecule has 0 N–H and O–H groups in total. The molecule has 8 aromatic carbocycles. The van der Waals surface area contributed by atoms with Crippen molar-refractivity contribution in [1.82, 2.24) is 0 Å². The Kier molecular flexibility index (Phi) is 6.84. The van der Waals surface area contributed by atoms with Gasteiger partial charge in [0.2, 0.25) is 0 Å². The van der Waals surface area contributed by atoms with Gasteiger partial charge in [-0.25, -0.2) is 0 Å². The average Bonchev–Trinajstić information content (AvgIpc) is 3.53. The number of benzene rings is 8. The molecule has 0 atom stereocenters. The van der Waals surface area contributed by atoms with Crippen LogP contribution >= 0.6 is 0 Å². The van der Waals surface area contributed by atoms with Crippen LogP contribution in [0.4, 0.5) is 17.1 Å². The van der Waals surface area contributed by atoms with Gasteiger partial charge in [-0.05, 0) is 111 Å². The van der Waals surface area contributed by atoms with Crippen LogP contribution in [0.5, 0.6) is 0 Å². The maximum atomic E-state index is 6.39. The smallest absolute Gasteiger partial charge is 0.136 e. The van der Waals surface area contributed by atoms with E-state index in [9.17, 15) is 0 Å². The SMILES string of the molecule is c1ccc(-c2ccc(N(c3ccccc3)c3ccc(-c4ccc5c(c4)oc4ccc(-c6ccc7ccccc7c6)cc45)cc3)cc2)cc1. The van der Waals surface area contributed by atoms with Crippen molar-refractivity contribution in [2.75, 3.05) is 4.90 Å². The Hall–Kier alpha value is -6.38. The molecule has 0 saturated heterocycles. The summed E-state index contributed by atoms with van der Waals surface area (Å²) in [5.41, 5.74) is 12.2. The summed E-state index contributed by atoms with van der Waals surface area (Å²) in [7, 11) is 0. The molecule has 0 fully saturated rings. The number of hydrogen-bond acceptors (Lipinski definition) is 2. The molecule has 2 nitrogen and oxygen atoms in total. The second-order valence-corrected chi connectivity index (χ2v) is 12.2. The zero-order chi connectivity index (χ0) is 31.9. The van der Waals surface area contributed by atoms with Gasteiger partial charge in [-0.2, -0.15) is 0 Å². The first-order valence-corrected chi connectivity index (χ1v) is 16.3. The average molecular weight is 614 g/mol. The fourth-order valence-electron chi connectivity index (χ4n) is 6.77. The molecule has 0 spiro atoms. The normalized spacial score (nSPS) is 11.3. The van der Waals surface area contributed by atoms with E-state index in [0.29, 0.717) is 0 Å². The molecule has 226 valence electrons. The van der Waals surface area contributed by atoms with Gasteiger partial charge in [0, 0.05) is 27.8 Å². The lowest BCUT2D eigenvalue weighted by Gasteiger charge is -2.26. The van der Waals surface area contributed by atoms with E-state index in [0.717, 1.165) is 50.1 Å². The first-order valence-electron chi connectivity index (χ1n) is 16.3. The van der Waals surface area contributed by atoms with Crippen LogP contribution in [-0.4, -0.2) is 0 Å². The number of rotatable bonds is 6. The van der Waals surface area contributed by atoms with Gasteiger partial charge in [-0.1, -0.05) is 121 Å². The van der Waals surface area contributed by atoms with E-state index in [1.54, 1.807) is 0 Å². The molecule has 9 aromatic rings. The zero-order valence-electron chi connectivity index (χ0n) is 26.3. The van der Waals surface area contributed by atoms with Gasteiger partial charge in [0.15, 0.2) is 0 Å². The van der Waals surface area contributed by atoms with Crippen LogP contribution < -0.4 is 4.90 Å². The third kappa shape index (κ3) is 5.10. The summed E-state index contributed by atoms with van der Waals surface area (Å²) in [6.45, 7) is 0. The highest BCUT2D eigenvalue weighted by atomic mass is 16.3. The van der Waals surface area contributed by atoms with Gasteiger partial charge in [-0.3, -0.25) is 0 Å². The molecular weight excluding hydrogens is 583 g/mol. The summed E-state index contributed by atoms with van der Waals surface area (Å²) in [5.74, 6) is 0. The molecule has 48 heavy (non-hydrogen) atoms. The van der Waals surface area contributed by atoms with Crippen molar-refractivity contribution in [1.29, 1.82) is 0 Å². The fraction of sp³-hybridized carbons (Fsp3) is 0. The van der Waals surface area contributed by atoms with Gasteiger partial charge in [0.1, 0.15) is 11.2 Å². The lowest BCUT2D eigenvalue weighted by atomic mass is 9.99. The summed E-state index contributed by atoms with van der Waals surface area (Å²) in [5, 5.41) is 4.76. The topological polar surface area (TPSA) is 16.4 Å². The van der Waals surface area contributed by atoms with Crippen molar-refractivity contribution in [3.05, 3.63) is 188 Å². The number of hydrogen-bond donors (Lipinski definition) is 0. The van der Waals surface area contributed by atoms with Crippen LogP contribution in [0.1, 0.15) is 0 Å². The molecule has 0 bridgehead atoms. The van der Waals surface area contributed by atoms with Gasteiger partial charge < -0.3 is 9.32 Å². The second kappa shape index (κ2) is 11.8. The number of anilines is 3. The maximum Gasteiger partial charge on any atom is 0.136 e. The summed E-state index contributed by atoms with van der Waals surface area (Å²) >= 11 is 0. The Morgan fingerprint density at radius 2 is 0.792 bits per heavy atom. The molecule has 0 unspecified atom stereocenters. The second-order valence-electron chi connectivity index (χ2n) is 12.2. The maximum absolute atomic E-state index is 6.39. The van der Waals surface area contributed by atoms with E-state index in [-0.39, 0.29) is 0 Å². The van der Waals surface area contributed by atoms with Crippen LogP contribution in [0, 0.1) is 0 Å². The Morgan fingerprint density at radius 1 is 0.292 bits per heavy atom. The fourth-order valence-corrected chi connectivity index (χ4v) is 6.77. The first-order chi connectivity index (χ1) is 23.8. The third-order valence-corrected chi connectivity index (χ3v) is 9.26. The summed E-state index contributed by atoms with van der Waals surface area (Å²) in [4.78, 5) is 2.30. The minimum Gasteiger partial charge on any atom is -0.456 e. The molecule has 0 amide bonds. The van der Waals surface area contributed by atoms with Crippen molar-refractivity contribution in [3.8, 4) is 33.4 Å². The molecule has 0 aliphatic heterocycles. The van der Waals surface area contributed by atoms with E-state index in [2.05, 4.69) is 193 Å². The van der Waals surface area contributed by atoms with Crippen LogP contribution in [0.25, 0.3) is 66.1 Å². The highest BCUT2D eigenvalue weighted by Crippen LogP contribution is 2.38. The zero-order valence-corrected chi connectivity index (χ0v) is 26.3. The van der Waals surface area contributed by atoms with Crippen LogP contribution in [0.15, 0.2) is 192 Å². The Labute approximate surface area is 279 Å². The molecular formula is C46H31NO. The summed E-state index contributed by atoms with van der Waals surface area (Å²) in [6, 6.07) is 66.8. The van der Waals surface area contributed by atoms with Crippen LogP contribution in [0.3, 0.4) is 0 Å². The van der Waals surface area contributed by atoms with Gasteiger partial charge in [0.25, 0.3) is 0 Å². The predicted octanol–water partition coefficient (Wildman–Crippen LogP) is 13.2. The highest BCUT2D eigenvalue weighted by molar-refractivity contribution is 6.07. The van der Waals surface area contributed by atoms with E-state index < -0.39 is 0 Å². The van der Waals surface area contributed by atoms with Crippen molar-refractivity contribution in [2.45, 2.75) is 0 Å². The lowest BCUT2D eigenvalue weighted by Crippen LogP contribution is -2.09. The quantitative estimate of drug-likeness (QED) is 0.185. The van der Waals surface area contributed by atoms with E-state index >= 15 is 0 Å². The number of fused-ring (bicyclic) bond motifs is 4. The summed E-state index contributed by atoms with van der Waals surface area (Å²) < 4.78 is 6.39. The van der Waals surface area contributed by atoms with Crippen molar-refractivity contribution < 1.29 is 4.42 Å². The minimum atomic E-state index is 0.895. The highest BCUT2D eigenvalue weighted by Gasteiger charge is 2.14. The molecule has 0 saturated carbocycles. The van der Waals surface area contributed by atoms with Crippen molar-refractivity contribution in [2.24, 2.45) is 0 Å². The predicted molar refractivity (Wildman–Crippen MR) is 202 cm³/mol. The monoisotopic (exact) mass is 613 g/mol. The first kappa shape index (κ1) is 27.9. The van der Waals surface area contributed by atoms with Crippen molar-refractivity contribution >= 4 is 49.8 Å². The van der Waals surface area contributed by atoms with Crippen molar-refractivity contribution in [3.63, 3.8) is 0 Å². The Balaban J connectivity index is 1.04. The lowest BCUT2D eigenvalue weighted by molar-refractivity contribution is 0.669. The summed E-state index contributed by atoms with van der Waals surface area (Å²) in [6.07, 6.45) is 0. The largest absolute Gasteiger partial charge is 0.456 e. The van der Waals surface area contributed by atoms with Gasteiger partial charge in [0.05, 0.1) is 0 Å². The Bertz CT molecular complexity index is 2530. The van der Waals surface area contributed by atoms with E-state index in [1.165, 1.54) is 33.0 Å². The number of para-hydroxylation sites is 1. The van der Waals surface area contributed by atoms with Gasteiger partial charge in [-0.15, -0.1) is 0 Å². The number of nitrogens with zero attached hydrogens (tertiary/aromatic N) is 1. The standard InChI is InChI=1S/C46H31NO/c1-3-9-32(10-4-1)34-17-23-41(24-18-34)47(40-13-5-2-6-14-40)42-25-19-35(20-26-42)39-21-27-43-44-30-38(22-28-45(44)48-46(43)31-39)37-16-15-33-11-7-8-12-36(33)29-37/h1-31H. The molecule has 9 rings (SSSR count). The Morgan fingerprint density at radius 3 is 1.52 bits per heavy atom.